The Bertz CT molecular complexity index is 397. The lowest BCUT2D eigenvalue weighted by atomic mass is 10.2. The van der Waals surface area contributed by atoms with E-state index < -0.39 is 17.5 Å². The molecule has 0 aliphatic rings. The van der Waals surface area contributed by atoms with Crippen LogP contribution in [0.4, 0.5) is 20.2 Å². The minimum Gasteiger partial charge on any atom is -0.397 e. The van der Waals surface area contributed by atoms with E-state index in [-0.39, 0.29) is 30.8 Å². The molecule has 0 spiro atoms. The molecule has 0 saturated heterocycles. The number of aliphatic hydroxyl groups excluding tert-OH is 1. The fourth-order valence-corrected chi connectivity index (χ4v) is 1.13. The van der Waals surface area contributed by atoms with Gasteiger partial charge in [-0.1, -0.05) is 0 Å². The van der Waals surface area contributed by atoms with Gasteiger partial charge in [-0.2, -0.15) is 0 Å². The van der Waals surface area contributed by atoms with Crippen molar-refractivity contribution in [3.8, 4) is 0 Å². The van der Waals surface area contributed by atoms with Crippen LogP contribution in [0.1, 0.15) is 12.8 Å². The van der Waals surface area contributed by atoms with Gasteiger partial charge >= 0.3 is 0 Å². The van der Waals surface area contributed by atoms with Gasteiger partial charge in [0.2, 0.25) is 5.91 Å². The van der Waals surface area contributed by atoms with E-state index in [0.29, 0.717) is 0 Å². The molecule has 0 heterocycles. The van der Waals surface area contributed by atoms with Gasteiger partial charge in [-0.15, -0.1) is 0 Å². The van der Waals surface area contributed by atoms with Crippen LogP contribution in [-0.4, -0.2) is 17.6 Å². The highest BCUT2D eigenvalue weighted by atomic mass is 19.2. The van der Waals surface area contributed by atoms with Gasteiger partial charge in [0, 0.05) is 13.0 Å². The van der Waals surface area contributed by atoms with Crippen LogP contribution in [0.2, 0.25) is 0 Å². The summed E-state index contributed by atoms with van der Waals surface area (Å²) in [6, 6.07) is 2.05. The summed E-state index contributed by atoms with van der Waals surface area (Å²) in [5.41, 5.74) is 4.99. The predicted octanol–water partition coefficient (Wildman–Crippen LogP) is 1.26. The van der Waals surface area contributed by atoms with Crippen molar-refractivity contribution in [1.29, 1.82) is 0 Å². The summed E-state index contributed by atoms with van der Waals surface area (Å²) in [5, 5.41) is 10.7. The number of hydrogen-bond acceptors (Lipinski definition) is 3. The number of benzene rings is 1. The molecular weight excluding hydrogens is 218 g/mol. The molecule has 4 N–H and O–H groups in total. The molecule has 0 aliphatic carbocycles. The lowest BCUT2D eigenvalue weighted by Crippen LogP contribution is -2.15. The van der Waals surface area contributed by atoms with Crippen LogP contribution in [0, 0.1) is 11.6 Å². The second kappa shape index (κ2) is 5.41. The molecule has 0 radical (unpaired) electrons. The number of hydrogen-bond donors (Lipinski definition) is 3. The van der Waals surface area contributed by atoms with E-state index in [2.05, 4.69) is 5.32 Å². The highest BCUT2D eigenvalue weighted by molar-refractivity contribution is 5.93. The maximum atomic E-state index is 13.2. The van der Waals surface area contributed by atoms with E-state index >= 15 is 0 Å². The highest BCUT2D eigenvalue weighted by Crippen LogP contribution is 2.24. The van der Waals surface area contributed by atoms with Crippen molar-refractivity contribution in [2.75, 3.05) is 17.7 Å². The number of nitrogen functional groups attached to an aromatic ring is 1. The predicted molar refractivity (Wildman–Crippen MR) is 55.7 cm³/mol. The standard InChI is InChI=1S/C10H12F2N2O2/c11-6-3-4-7(13)10(9(6)12)14-8(16)2-1-5-15/h3-4,15H,1-2,5,13H2,(H,14,16). The Morgan fingerprint density at radius 1 is 1.44 bits per heavy atom. The van der Waals surface area contributed by atoms with Crippen LogP contribution in [-0.2, 0) is 4.79 Å². The van der Waals surface area contributed by atoms with Crippen LogP contribution >= 0.6 is 0 Å². The first-order chi connectivity index (χ1) is 7.56. The molecule has 0 atom stereocenters. The van der Waals surface area contributed by atoms with Gasteiger partial charge in [0.1, 0.15) is 5.69 Å². The number of nitrogens with one attached hydrogen (secondary N) is 1. The Labute approximate surface area is 91.1 Å². The Kier molecular flexibility index (Phi) is 4.19. The van der Waals surface area contributed by atoms with Gasteiger partial charge in [-0.25, -0.2) is 8.78 Å². The summed E-state index contributed by atoms with van der Waals surface area (Å²) >= 11 is 0. The SMILES string of the molecule is Nc1ccc(F)c(F)c1NC(=O)CCCO. The molecule has 6 heteroatoms. The van der Waals surface area contributed by atoms with Crippen LogP contribution < -0.4 is 11.1 Å². The first-order valence-corrected chi connectivity index (χ1v) is 4.70. The van der Waals surface area contributed by atoms with E-state index in [1.165, 1.54) is 6.07 Å². The highest BCUT2D eigenvalue weighted by Gasteiger charge is 2.14. The zero-order valence-corrected chi connectivity index (χ0v) is 8.46. The van der Waals surface area contributed by atoms with Crippen LogP contribution in [0.25, 0.3) is 0 Å². The molecule has 1 rings (SSSR count). The van der Waals surface area contributed by atoms with Gasteiger partial charge in [0.15, 0.2) is 11.6 Å². The Balaban J connectivity index is 2.80. The fraction of sp³-hybridized carbons (Fsp3) is 0.300. The van der Waals surface area contributed by atoms with Gasteiger partial charge in [-0.3, -0.25) is 4.79 Å². The van der Waals surface area contributed by atoms with Crippen LogP contribution in [0.15, 0.2) is 12.1 Å². The van der Waals surface area contributed by atoms with E-state index in [9.17, 15) is 13.6 Å². The number of amides is 1. The number of carbonyl (C=O) groups excluding carboxylic acids is 1. The molecular formula is C10H12F2N2O2. The summed E-state index contributed by atoms with van der Waals surface area (Å²) in [5.74, 6) is -2.78. The summed E-state index contributed by atoms with van der Waals surface area (Å²) in [6.07, 6.45) is 0.272. The number of rotatable bonds is 4. The molecule has 4 nitrogen and oxygen atoms in total. The third kappa shape index (κ3) is 2.90. The van der Waals surface area contributed by atoms with Crippen LogP contribution in [0.5, 0.6) is 0 Å². The molecule has 16 heavy (non-hydrogen) atoms. The molecule has 0 saturated carbocycles. The van der Waals surface area contributed by atoms with Crippen molar-refractivity contribution in [1.82, 2.24) is 0 Å². The molecule has 1 aromatic rings. The van der Waals surface area contributed by atoms with E-state index in [1.54, 1.807) is 0 Å². The van der Waals surface area contributed by atoms with Crippen molar-refractivity contribution in [3.63, 3.8) is 0 Å². The van der Waals surface area contributed by atoms with Gasteiger partial charge in [0.05, 0.1) is 5.69 Å². The van der Waals surface area contributed by atoms with Crippen molar-refractivity contribution in [2.45, 2.75) is 12.8 Å². The van der Waals surface area contributed by atoms with E-state index in [4.69, 9.17) is 10.8 Å². The third-order valence-electron chi connectivity index (χ3n) is 1.95. The largest absolute Gasteiger partial charge is 0.397 e. The first kappa shape index (κ1) is 12.4. The molecule has 1 aromatic carbocycles. The zero-order chi connectivity index (χ0) is 12.1. The second-order valence-electron chi connectivity index (χ2n) is 3.20. The third-order valence-corrected chi connectivity index (χ3v) is 1.95. The summed E-state index contributed by atoms with van der Waals surface area (Å²) in [4.78, 5) is 11.2. The zero-order valence-electron chi connectivity index (χ0n) is 8.46. The lowest BCUT2D eigenvalue weighted by Gasteiger charge is -2.09. The summed E-state index contributed by atoms with van der Waals surface area (Å²) in [6.45, 7) is -0.144. The smallest absolute Gasteiger partial charge is 0.224 e. The number of anilines is 2. The number of halogens is 2. The van der Waals surface area contributed by atoms with E-state index in [1.807, 2.05) is 0 Å². The Morgan fingerprint density at radius 3 is 2.75 bits per heavy atom. The minimum atomic E-state index is -1.18. The molecule has 88 valence electrons. The van der Waals surface area contributed by atoms with Gasteiger partial charge < -0.3 is 16.2 Å². The lowest BCUT2D eigenvalue weighted by molar-refractivity contribution is -0.116. The average molecular weight is 230 g/mol. The van der Waals surface area contributed by atoms with Gasteiger partial charge in [0.25, 0.3) is 0 Å². The van der Waals surface area contributed by atoms with Gasteiger partial charge in [-0.05, 0) is 18.6 Å². The second-order valence-corrected chi connectivity index (χ2v) is 3.20. The molecule has 1 amide bonds. The normalized spacial score (nSPS) is 10.2. The topological polar surface area (TPSA) is 75.3 Å². The molecule has 0 aliphatic heterocycles. The minimum absolute atomic E-state index is 0.0197. The van der Waals surface area contributed by atoms with Crippen molar-refractivity contribution < 1.29 is 18.7 Å². The quantitative estimate of drug-likeness (QED) is 0.681. The molecule has 0 aromatic heterocycles. The molecule has 0 fully saturated rings. The Morgan fingerprint density at radius 2 is 2.12 bits per heavy atom. The van der Waals surface area contributed by atoms with Crippen molar-refractivity contribution >= 4 is 17.3 Å². The van der Waals surface area contributed by atoms with Crippen molar-refractivity contribution in [3.05, 3.63) is 23.8 Å². The monoisotopic (exact) mass is 230 g/mol. The molecule has 0 bridgehead atoms. The summed E-state index contributed by atoms with van der Waals surface area (Å²) in [7, 11) is 0. The van der Waals surface area contributed by atoms with Crippen LogP contribution in [0.3, 0.4) is 0 Å². The fourth-order valence-electron chi connectivity index (χ4n) is 1.13. The maximum Gasteiger partial charge on any atom is 0.224 e. The Hall–Kier alpha value is -1.69. The van der Waals surface area contributed by atoms with E-state index in [0.717, 1.165) is 6.07 Å². The maximum absolute atomic E-state index is 13.2. The number of carbonyl (C=O) groups is 1. The number of aliphatic hydroxyl groups is 1. The first-order valence-electron chi connectivity index (χ1n) is 4.70. The molecule has 0 unspecified atom stereocenters. The van der Waals surface area contributed by atoms with Crippen molar-refractivity contribution in [2.24, 2.45) is 0 Å². The summed E-state index contributed by atoms with van der Waals surface area (Å²) < 4.78 is 26.1. The number of nitrogens with two attached hydrogens (primary N) is 1. The average Bonchev–Trinajstić information content (AvgIpc) is 2.27.